The van der Waals surface area contributed by atoms with Gasteiger partial charge in [-0.3, -0.25) is 0 Å². The van der Waals surface area contributed by atoms with Gasteiger partial charge in [0.05, 0.1) is 10.6 Å². The van der Waals surface area contributed by atoms with Crippen molar-refractivity contribution in [3.05, 3.63) is 10.9 Å². The number of rotatable bonds is 3. The van der Waals surface area contributed by atoms with Gasteiger partial charge in [-0.25, -0.2) is 0 Å². The third kappa shape index (κ3) is 2.65. The summed E-state index contributed by atoms with van der Waals surface area (Å²) in [5, 5.41) is 4.88. The van der Waals surface area contributed by atoms with Crippen molar-refractivity contribution in [1.82, 2.24) is 10.1 Å². The molecular formula is C14H20N4OS. The van der Waals surface area contributed by atoms with E-state index in [0.717, 1.165) is 30.1 Å². The van der Waals surface area contributed by atoms with Crippen LogP contribution in [0.25, 0.3) is 11.5 Å². The second-order valence-electron chi connectivity index (χ2n) is 5.14. The maximum Gasteiger partial charge on any atom is 0.266 e. The SMILES string of the molecule is CCc1cc(-c2nc(N3CCCCCC3)no2)c(N)s1. The average Bonchev–Trinajstić information content (AvgIpc) is 2.97. The van der Waals surface area contributed by atoms with Gasteiger partial charge in [0.2, 0.25) is 0 Å². The molecule has 0 bridgehead atoms. The minimum Gasteiger partial charge on any atom is -0.390 e. The van der Waals surface area contributed by atoms with Gasteiger partial charge in [0.1, 0.15) is 0 Å². The van der Waals surface area contributed by atoms with Crippen LogP contribution < -0.4 is 10.6 Å². The van der Waals surface area contributed by atoms with Crippen molar-refractivity contribution in [2.45, 2.75) is 39.0 Å². The molecule has 2 N–H and O–H groups in total. The van der Waals surface area contributed by atoms with Crippen molar-refractivity contribution in [3.63, 3.8) is 0 Å². The van der Waals surface area contributed by atoms with E-state index < -0.39 is 0 Å². The summed E-state index contributed by atoms with van der Waals surface area (Å²) in [6.45, 7) is 4.14. The van der Waals surface area contributed by atoms with Gasteiger partial charge in [-0.1, -0.05) is 19.8 Å². The number of aryl methyl sites for hydroxylation is 1. The molecule has 1 fully saturated rings. The quantitative estimate of drug-likeness (QED) is 0.939. The Kier molecular flexibility index (Phi) is 3.91. The van der Waals surface area contributed by atoms with Gasteiger partial charge in [-0.15, -0.1) is 11.3 Å². The van der Waals surface area contributed by atoms with Crippen LogP contribution in [0.3, 0.4) is 0 Å². The summed E-state index contributed by atoms with van der Waals surface area (Å²) >= 11 is 1.59. The Balaban J connectivity index is 1.83. The first-order chi connectivity index (χ1) is 9.78. The van der Waals surface area contributed by atoms with E-state index in [4.69, 9.17) is 10.3 Å². The molecule has 5 nitrogen and oxygen atoms in total. The van der Waals surface area contributed by atoms with E-state index in [1.165, 1.54) is 30.6 Å². The standard InChI is InChI=1S/C14H20N4OS/c1-2-10-9-11(12(15)20-10)13-16-14(17-19-13)18-7-5-3-4-6-8-18/h9H,2-8,15H2,1H3. The fourth-order valence-electron chi connectivity index (χ4n) is 2.52. The Morgan fingerprint density at radius 1 is 1.30 bits per heavy atom. The van der Waals surface area contributed by atoms with Crippen molar-refractivity contribution < 1.29 is 4.52 Å². The van der Waals surface area contributed by atoms with E-state index in [1.807, 2.05) is 0 Å². The lowest BCUT2D eigenvalue weighted by Crippen LogP contribution is -2.24. The molecule has 0 unspecified atom stereocenters. The van der Waals surface area contributed by atoms with E-state index in [0.29, 0.717) is 11.8 Å². The molecular weight excluding hydrogens is 272 g/mol. The highest BCUT2D eigenvalue weighted by atomic mass is 32.1. The van der Waals surface area contributed by atoms with Crippen LogP contribution in [-0.4, -0.2) is 23.2 Å². The van der Waals surface area contributed by atoms with Crippen molar-refractivity contribution in [3.8, 4) is 11.5 Å². The third-order valence-corrected chi connectivity index (χ3v) is 4.80. The highest BCUT2D eigenvalue weighted by Gasteiger charge is 2.19. The summed E-state index contributed by atoms with van der Waals surface area (Å²) in [5.41, 5.74) is 6.91. The van der Waals surface area contributed by atoms with Crippen molar-refractivity contribution in [2.24, 2.45) is 0 Å². The fourth-order valence-corrected chi connectivity index (χ4v) is 3.38. The van der Waals surface area contributed by atoms with Gasteiger partial charge in [-0.05, 0) is 30.5 Å². The predicted octanol–water partition coefficient (Wildman–Crippen LogP) is 3.32. The molecule has 0 spiro atoms. The zero-order chi connectivity index (χ0) is 13.9. The van der Waals surface area contributed by atoms with Crippen LogP contribution in [-0.2, 0) is 6.42 Å². The molecule has 1 saturated heterocycles. The number of hydrogen-bond donors (Lipinski definition) is 1. The Hall–Kier alpha value is -1.56. The number of hydrogen-bond acceptors (Lipinski definition) is 6. The lowest BCUT2D eigenvalue weighted by Gasteiger charge is -2.16. The highest BCUT2D eigenvalue weighted by Crippen LogP contribution is 2.34. The predicted molar refractivity (Wildman–Crippen MR) is 82.1 cm³/mol. The van der Waals surface area contributed by atoms with Crippen LogP contribution in [0.5, 0.6) is 0 Å². The third-order valence-electron chi connectivity index (χ3n) is 3.69. The number of nitrogens with two attached hydrogens (primary N) is 1. The molecule has 0 saturated carbocycles. The molecule has 3 rings (SSSR count). The minimum absolute atomic E-state index is 0.540. The molecule has 0 atom stereocenters. The fraction of sp³-hybridized carbons (Fsp3) is 0.571. The minimum atomic E-state index is 0.540. The van der Waals surface area contributed by atoms with Gasteiger partial charge in [0, 0.05) is 18.0 Å². The maximum atomic E-state index is 6.04. The lowest BCUT2D eigenvalue weighted by molar-refractivity contribution is 0.429. The topological polar surface area (TPSA) is 68.2 Å². The Morgan fingerprint density at radius 3 is 2.70 bits per heavy atom. The van der Waals surface area contributed by atoms with E-state index >= 15 is 0 Å². The summed E-state index contributed by atoms with van der Waals surface area (Å²) in [6, 6.07) is 2.06. The first-order valence-corrected chi connectivity index (χ1v) is 8.07. The first-order valence-electron chi connectivity index (χ1n) is 7.25. The van der Waals surface area contributed by atoms with Crippen molar-refractivity contribution in [2.75, 3.05) is 23.7 Å². The van der Waals surface area contributed by atoms with Crippen LogP contribution in [0.15, 0.2) is 10.6 Å². The molecule has 2 aromatic heterocycles. The summed E-state index contributed by atoms with van der Waals surface area (Å²) in [4.78, 5) is 7.98. The molecule has 6 heteroatoms. The second kappa shape index (κ2) is 5.83. The van der Waals surface area contributed by atoms with Crippen LogP contribution >= 0.6 is 11.3 Å². The average molecular weight is 292 g/mol. The number of aromatic nitrogens is 2. The molecule has 0 amide bonds. The Bertz CT molecular complexity index is 569. The number of nitrogen functional groups attached to an aromatic ring is 1. The normalized spacial score (nSPS) is 16.4. The van der Waals surface area contributed by atoms with E-state index in [9.17, 15) is 0 Å². The second-order valence-corrected chi connectivity index (χ2v) is 6.31. The summed E-state index contributed by atoms with van der Waals surface area (Å²) in [5.74, 6) is 1.24. The summed E-state index contributed by atoms with van der Waals surface area (Å²) in [6.07, 6.45) is 5.95. The molecule has 3 heterocycles. The zero-order valence-corrected chi connectivity index (χ0v) is 12.6. The largest absolute Gasteiger partial charge is 0.390 e. The maximum absolute atomic E-state index is 6.04. The van der Waals surface area contributed by atoms with Gasteiger partial charge in [0.15, 0.2) is 0 Å². The summed E-state index contributed by atoms with van der Waals surface area (Å²) in [7, 11) is 0. The Morgan fingerprint density at radius 2 is 2.05 bits per heavy atom. The van der Waals surface area contributed by atoms with E-state index in [2.05, 4.69) is 28.0 Å². The van der Waals surface area contributed by atoms with Crippen molar-refractivity contribution >= 4 is 22.3 Å². The molecule has 1 aliphatic rings. The highest BCUT2D eigenvalue weighted by molar-refractivity contribution is 7.16. The molecule has 108 valence electrons. The van der Waals surface area contributed by atoms with Crippen LogP contribution in [0.1, 0.15) is 37.5 Å². The Labute approximate surface area is 122 Å². The van der Waals surface area contributed by atoms with Crippen LogP contribution in [0, 0.1) is 0 Å². The van der Waals surface area contributed by atoms with Gasteiger partial charge in [0.25, 0.3) is 11.8 Å². The molecule has 0 aliphatic carbocycles. The molecule has 0 aromatic carbocycles. The summed E-state index contributed by atoms with van der Waals surface area (Å²) < 4.78 is 5.41. The number of thiophene rings is 1. The van der Waals surface area contributed by atoms with E-state index in [1.54, 1.807) is 11.3 Å². The monoisotopic (exact) mass is 292 g/mol. The lowest BCUT2D eigenvalue weighted by atomic mass is 10.2. The molecule has 2 aromatic rings. The van der Waals surface area contributed by atoms with Crippen molar-refractivity contribution in [1.29, 1.82) is 0 Å². The van der Waals surface area contributed by atoms with Crippen LogP contribution in [0.4, 0.5) is 10.9 Å². The number of anilines is 2. The molecule has 20 heavy (non-hydrogen) atoms. The first kappa shape index (κ1) is 13.4. The van der Waals surface area contributed by atoms with Gasteiger partial charge in [-0.2, -0.15) is 4.98 Å². The molecule has 1 aliphatic heterocycles. The zero-order valence-electron chi connectivity index (χ0n) is 11.8. The van der Waals surface area contributed by atoms with Crippen LogP contribution in [0.2, 0.25) is 0 Å². The smallest absolute Gasteiger partial charge is 0.266 e. The number of nitrogens with zero attached hydrogens (tertiary/aromatic N) is 3. The van der Waals surface area contributed by atoms with E-state index in [-0.39, 0.29) is 0 Å². The van der Waals surface area contributed by atoms with Gasteiger partial charge < -0.3 is 15.2 Å². The molecule has 0 radical (unpaired) electrons. The van der Waals surface area contributed by atoms with Gasteiger partial charge >= 0.3 is 0 Å².